The number of hydrogen-bond donors (Lipinski definition) is 1. The first-order chi connectivity index (χ1) is 6.86. The summed E-state index contributed by atoms with van der Waals surface area (Å²) in [6, 6.07) is 0. The highest BCUT2D eigenvalue weighted by Gasteiger charge is 2.18. The molecule has 0 aromatic rings. The normalized spacial score (nSPS) is 12.4. The highest BCUT2D eigenvalue weighted by Crippen LogP contribution is 2.11. The van der Waals surface area contributed by atoms with Crippen molar-refractivity contribution in [2.75, 3.05) is 20.6 Å². The number of halogens is 1. The number of carbonyl (C=O) groups is 2. The van der Waals surface area contributed by atoms with Gasteiger partial charge in [-0.05, 0) is 5.92 Å². The Morgan fingerprint density at radius 3 is 2.27 bits per heavy atom. The van der Waals surface area contributed by atoms with Crippen molar-refractivity contribution in [3.05, 3.63) is 0 Å². The smallest absolute Gasteiger partial charge is 0.234 e. The average Bonchev–Trinajstić information content (AvgIpc) is 2.15. The molecule has 0 rings (SSSR count). The van der Waals surface area contributed by atoms with Crippen LogP contribution in [0.4, 0.5) is 0 Å². The lowest BCUT2D eigenvalue weighted by Crippen LogP contribution is -2.36. The molecule has 4 nitrogen and oxygen atoms in total. The Bertz CT molecular complexity index is 229. The Labute approximate surface area is 99.5 Å². The molecule has 0 saturated heterocycles. The fourth-order valence-electron chi connectivity index (χ4n) is 0.916. The number of nitrogens with one attached hydrogen (secondary N) is 1. The van der Waals surface area contributed by atoms with Crippen LogP contribution in [0.25, 0.3) is 0 Å². The molecule has 5 heteroatoms. The Hall–Kier alpha value is -0.580. The Kier molecular flexibility index (Phi) is 6.56. The quantitative estimate of drug-likeness (QED) is 0.763. The molecule has 0 radical (unpaired) electrons. The predicted octanol–water partition coefficient (Wildman–Crippen LogP) is 1.00. The van der Waals surface area contributed by atoms with E-state index in [0.29, 0.717) is 13.0 Å². The minimum Gasteiger partial charge on any atom is -0.355 e. The lowest BCUT2D eigenvalue weighted by molar-refractivity contribution is -0.128. The molecule has 1 atom stereocenters. The second-order valence-corrected chi connectivity index (χ2v) is 4.96. The van der Waals surface area contributed by atoms with Crippen LogP contribution in [-0.2, 0) is 9.59 Å². The van der Waals surface area contributed by atoms with E-state index >= 15 is 0 Å². The second kappa shape index (κ2) is 6.82. The van der Waals surface area contributed by atoms with Crippen molar-refractivity contribution in [1.29, 1.82) is 0 Å². The number of rotatable bonds is 5. The van der Waals surface area contributed by atoms with Crippen molar-refractivity contribution < 1.29 is 9.59 Å². The van der Waals surface area contributed by atoms with E-state index in [2.05, 4.69) is 21.2 Å². The van der Waals surface area contributed by atoms with Crippen molar-refractivity contribution in [2.45, 2.75) is 25.1 Å². The van der Waals surface area contributed by atoms with Gasteiger partial charge in [0.15, 0.2) is 0 Å². The molecule has 0 heterocycles. The molecule has 0 spiro atoms. The standard InChI is InChI=1S/C10H19BrN2O2/c1-7(2)9(11)10(15)12-6-5-8(14)13(3)4/h7,9H,5-6H2,1-4H3,(H,12,15). The van der Waals surface area contributed by atoms with Gasteiger partial charge in [0.25, 0.3) is 0 Å². The van der Waals surface area contributed by atoms with Crippen LogP contribution < -0.4 is 5.32 Å². The zero-order valence-electron chi connectivity index (χ0n) is 9.71. The van der Waals surface area contributed by atoms with E-state index in [1.54, 1.807) is 14.1 Å². The molecule has 0 fully saturated rings. The summed E-state index contributed by atoms with van der Waals surface area (Å²) in [5, 5.41) is 2.72. The molecule has 0 aromatic carbocycles. The third-order valence-corrected chi connectivity index (χ3v) is 3.45. The number of alkyl halides is 1. The van der Waals surface area contributed by atoms with Crippen molar-refractivity contribution in [1.82, 2.24) is 10.2 Å². The van der Waals surface area contributed by atoms with E-state index in [9.17, 15) is 9.59 Å². The van der Waals surface area contributed by atoms with Gasteiger partial charge in [-0.1, -0.05) is 29.8 Å². The van der Waals surface area contributed by atoms with E-state index in [0.717, 1.165) is 0 Å². The van der Waals surface area contributed by atoms with Crippen molar-refractivity contribution in [2.24, 2.45) is 5.92 Å². The molecule has 1 N–H and O–H groups in total. The summed E-state index contributed by atoms with van der Waals surface area (Å²) in [6.45, 7) is 4.32. The van der Waals surface area contributed by atoms with Crippen LogP contribution in [0.5, 0.6) is 0 Å². The molecular formula is C10H19BrN2O2. The molecule has 1 unspecified atom stereocenters. The SMILES string of the molecule is CC(C)C(Br)C(=O)NCCC(=O)N(C)C. The van der Waals surface area contributed by atoms with Crippen LogP contribution in [0.3, 0.4) is 0 Å². The van der Waals surface area contributed by atoms with Crippen LogP contribution in [-0.4, -0.2) is 42.2 Å². The van der Waals surface area contributed by atoms with Gasteiger partial charge in [0.1, 0.15) is 0 Å². The van der Waals surface area contributed by atoms with Crippen LogP contribution in [0.1, 0.15) is 20.3 Å². The zero-order valence-corrected chi connectivity index (χ0v) is 11.3. The van der Waals surface area contributed by atoms with Crippen molar-refractivity contribution >= 4 is 27.7 Å². The van der Waals surface area contributed by atoms with Gasteiger partial charge in [0, 0.05) is 27.1 Å². The third-order valence-electron chi connectivity index (χ3n) is 1.97. The molecule has 88 valence electrons. The summed E-state index contributed by atoms with van der Waals surface area (Å²) in [5.74, 6) is 0.206. The highest BCUT2D eigenvalue weighted by molar-refractivity contribution is 9.10. The van der Waals surface area contributed by atoms with Crippen LogP contribution in [0, 0.1) is 5.92 Å². The molecular weight excluding hydrogens is 260 g/mol. The molecule has 15 heavy (non-hydrogen) atoms. The summed E-state index contributed by atoms with van der Waals surface area (Å²) in [6.07, 6.45) is 0.344. The molecule has 0 aromatic heterocycles. The molecule has 0 aliphatic carbocycles. The third kappa shape index (κ3) is 5.77. The van der Waals surface area contributed by atoms with Crippen molar-refractivity contribution in [3.8, 4) is 0 Å². The number of nitrogens with zero attached hydrogens (tertiary/aromatic N) is 1. The van der Waals surface area contributed by atoms with Crippen molar-refractivity contribution in [3.63, 3.8) is 0 Å². The molecule has 0 aliphatic rings. The lowest BCUT2D eigenvalue weighted by Gasteiger charge is -2.14. The zero-order chi connectivity index (χ0) is 12.0. The summed E-state index contributed by atoms with van der Waals surface area (Å²) >= 11 is 3.30. The second-order valence-electron chi connectivity index (χ2n) is 3.97. The minimum absolute atomic E-state index is 0.0194. The first-order valence-electron chi connectivity index (χ1n) is 4.98. The maximum absolute atomic E-state index is 11.5. The van der Waals surface area contributed by atoms with Crippen LogP contribution in [0.15, 0.2) is 0 Å². The van der Waals surface area contributed by atoms with Gasteiger partial charge in [-0.3, -0.25) is 9.59 Å². The maximum atomic E-state index is 11.5. The number of hydrogen-bond acceptors (Lipinski definition) is 2. The maximum Gasteiger partial charge on any atom is 0.234 e. The minimum atomic E-state index is -0.188. The van der Waals surface area contributed by atoms with Gasteiger partial charge in [0.05, 0.1) is 4.83 Å². The summed E-state index contributed by atoms with van der Waals surface area (Å²) in [4.78, 5) is 24.0. The average molecular weight is 279 g/mol. The van der Waals surface area contributed by atoms with Gasteiger partial charge in [-0.25, -0.2) is 0 Å². The van der Waals surface area contributed by atoms with E-state index in [4.69, 9.17) is 0 Å². The predicted molar refractivity (Wildman–Crippen MR) is 63.9 cm³/mol. The fourth-order valence-corrected chi connectivity index (χ4v) is 1.08. The van der Waals surface area contributed by atoms with E-state index in [1.165, 1.54) is 4.90 Å². The number of carbonyl (C=O) groups excluding carboxylic acids is 2. The summed E-state index contributed by atoms with van der Waals surface area (Å²) < 4.78 is 0. The number of amides is 2. The Balaban J connectivity index is 3.78. The highest BCUT2D eigenvalue weighted by atomic mass is 79.9. The Morgan fingerprint density at radius 1 is 1.33 bits per heavy atom. The molecule has 0 bridgehead atoms. The fraction of sp³-hybridized carbons (Fsp3) is 0.800. The monoisotopic (exact) mass is 278 g/mol. The largest absolute Gasteiger partial charge is 0.355 e. The molecule has 0 aliphatic heterocycles. The molecule has 2 amide bonds. The topological polar surface area (TPSA) is 49.4 Å². The lowest BCUT2D eigenvalue weighted by atomic mass is 10.1. The van der Waals surface area contributed by atoms with Gasteiger partial charge in [0.2, 0.25) is 11.8 Å². The van der Waals surface area contributed by atoms with Crippen LogP contribution in [0.2, 0.25) is 0 Å². The van der Waals surface area contributed by atoms with Gasteiger partial charge >= 0.3 is 0 Å². The van der Waals surface area contributed by atoms with E-state index < -0.39 is 0 Å². The van der Waals surface area contributed by atoms with Crippen LogP contribution >= 0.6 is 15.9 Å². The van der Waals surface area contributed by atoms with Gasteiger partial charge in [-0.15, -0.1) is 0 Å². The summed E-state index contributed by atoms with van der Waals surface area (Å²) in [7, 11) is 3.40. The first kappa shape index (κ1) is 14.4. The van der Waals surface area contributed by atoms with Gasteiger partial charge < -0.3 is 10.2 Å². The summed E-state index contributed by atoms with van der Waals surface area (Å²) in [5.41, 5.74) is 0. The van der Waals surface area contributed by atoms with E-state index in [-0.39, 0.29) is 22.6 Å². The Morgan fingerprint density at radius 2 is 1.87 bits per heavy atom. The molecule has 0 saturated carbocycles. The van der Waals surface area contributed by atoms with Gasteiger partial charge in [-0.2, -0.15) is 0 Å². The van der Waals surface area contributed by atoms with E-state index in [1.807, 2.05) is 13.8 Å². The first-order valence-corrected chi connectivity index (χ1v) is 5.89.